The van der Waals surface area contributed by atoms with Gasteiger partial charge < -0.3 is 19.9 Å². The number of ether oxygens (including phenoxy) is 1. The van der Waals surface area contributed by atoms with Gasteiger partial charge in [0.15, 0.2) is 5.65 Å². The summed E-state index contributed by atoms with van der Waals surface area (Å²) in [6, 6.07) is 12.3. The Kier molecular flexibility index (Phi) is 5.00. The molecule has 2 aliphatic rings. The second-order valence-corrected chi connectivity index (χ2v) is 8.49. The summed E-state index contributed by atoms with van der Waals surface area (Å²) in [7, 11) is 0. The van der Waals surface area contributed by atoms with Crippen molar-refractivity contribution in [3.05, 3.63) is 60.0 Å². The number of imidazole rings is 1. The van der Waals surface area contributed by atoms with Gasteiger partial charge in [-0.1, -0.05) is 30.3 Å². The van der Waals surface area contributed by atoms with Crippen molar-refractivity contribution in [1.29, 1.82) is 0 Å². The van der Waals surface area contributed by atoms with Gasteiger partial charge in [0.2, 0.25) is 0 Å². The van der Waals surface area contributed by atoms with E-state index in [9.17, 15) is 4.79 Å². The molecule has 4 heterocycles. The van der Waals surface area contributed by atoms with Crippen molar-refractivity contribution < 1.29 is 9.53 Å². The first-order valence-electron chi connectivity index (χ1n) is 10.7. The zero-order valence-electron chi connectivity index (χ0n) is 17.0. The molecule has 7 heteroatoms. The number of benzene rings is 1. The Morgan fingerprint density at radius 2 is 2.00 bits per heavy atom. The Bertz CT molecular complexity index is 1040. The van der Waals surface area contributed by atoms with E-state index in [0.717, 1.165) is 43.4 Å². The van der Waals surface area contributed by atoms with Crippen molar-refractivity contribution in [3.63, 3.8) is 0 Å². The number of likely N-dealkylation sites (tertiary alicyclic amines) is 1. The van der Waals surface area contributed by atoms with Gasteiger partial charge in [0.25, 0.3) is 5.91 Å². The second kappa shape index (κ2) is 7.81. The van der Waals surface area contributed by atoms with E-state index < -0.39 is 0 Å². The normalized spacial score (nSPS) is 20.8. The lowest BCUT2D eigenvalue weighted by molar-refractivity contribution is -0.0388. The number of carbonyl (C=O) groups is 1. The molecular formula is C23H27N5O2. The number of hydrogen-bond acceptors (Lipinski definition) is 5. The lowest BCUT2D eigenvalue weighted by Crippen LogP contribution is -2.46. The molecule has 7 nitrogen and oxygen atoms in total. The maximum absolute atomic E-state index is 13.0. The Morgan fingerprint density at radius 3 is 2.73 bits per heavy atom. The summed E-state index contributed by atoms with van der Waals surface area (Å²) in [5, 5.41) is 0. The average Bonchev–Trinajstić information content (AvgIpc) is 3.36. The van der Waals surface area contributed by atoms with Gasteiger partial charge in [-0.2, -0.15) is 0 Å². The van der Waals surface area contributed by atoms with Crippen LogP contribution in [0.15, 0.2) is 48.9 Å². The number of amides is 1. The molecule has 0 saturated carbocycles. The lowest BCUT2D eigenvalue weighted by atomic mass is 9.87. The number of hydrogen-bond donors (Lipinski definition) is 1. The van der Waals surface area contributed by atoms with Crippen molar-refractivity contribution in [2.75, 3.05) is 19.7 Å². The highest BCUT2D eigenvalue weighted by atomic mass is 16.5. The summed E-state index contributed by atoms with van der Waals surface area (Å²) >= 11 is 0. The summed E-state index contributed by atoms with van der Waals surface area (Å²) < 4.78 is 8.00. The van der Waals surface area contributed by atoms with Crippen LogP contribution >= 0.6 is 0 Å². The van der Waals surface area contributed by atoms with Crippen LogP contribution in [0.3, 0.4) is 0 Å². The third kappa shape index (κ3) is 3.70. The van der Waals surface area contributed by atoms with E-state index in [2.05, 4.69) is 22.1 Å². The maximum atomic E-state index is 13.0. The third-order valence-electron chi connectivity index (χ3n) is 6.39. The van der Waals surface area contributed by atoms with E-state index in [0.29, 0.717) is 25.3 Å². The second-order valence-electron chi connectivity index (χ2n) is 8.49. The highest BCUT2D eigenvalue weighted by molar-refractivity contribution is 5.96. The van der Waals surface area contributed by atoms with Crippen molar-refractivity contribution in [1.82, 2.24) is 19.4 Å². The number of rotatable bonds is 4. The molecule has 30 heavy (non-hydrogen) atoms. The summed E-state index contributed by atoms with van der Waals surface area (Å²) in [6.45, 7) is 2.81. The zero-order chi connectivity index (χ0) is 20.6. The summed E-state index contributed by atoms with van der Waals surface area (Å²) in [5.41, 5.74) is 9.33. The average molecular weight is 406 g/mol. The first-order chi connectivity index (χ1) is 14.6. The van der Waals surface area contributed by atoms with Crippen molar-refractivity contribution >= 4 is 17.1 Å². The SMILES string of the molecule is NC1COC2(CCN(C(=O)c3cnc4c(c3)ncn4CCc3ccccc3)CC2)C1. The molecular weight excluding hydrogens is 378 g/mol. The van der Waals surface area contributed by atoms with Crippen molar-refractivity contribution in [2.45, 2.75) is 43.9 Å². The van der Waals surface area contributed by atoms with E-state index in [1.54, 1.807) is 12.5 Å². The monoisotopic (exact) mass is 405 g/mol. The number of pyridine rings is 1. The molecule has 2 aromatic heterocycles. The molecule has 0 radical (unpaired) electrons. The quantitative estimate of drug-likeness (QED) is 0.720. The third-order valence-corrected chi connectivity index (χ3v) is 6.39. The minimum Gasteiger partial charge on any atom is -0.373 e. The van der Waals surface area contributed by atoms with Gasteiger partial charge >= 0.3 is 0 Å². The van der Waals surface area contributed by atoms with Gasteiger partial charge in [0.1, 0.15) is 5.52 Å². The Morgan fingerprint density at radius 1 is 1.20 bits per heavy atom. The molecule has 5 rings (SSSR count). The standard InChI is InChI=1S/C23H27N5O2/c24-19-13-23(30-15-19)7-10-27(11-8-23)22(29)18-12-20-21(25-14-18)28(16-26-20)9-6-17-4-2-1-3-5-17/h1-5,12,14,16,19H,6-11,13,15,24H2. The lowest BCUT2D eigenvalue weighted by Gasteiger charge is -2.38. The number of aromatic nitrogens is 3. The van der Waals surface area contributed by atoms with Gasteiger partial charge in [-0.3, -0.25) is 4.79 Å². The van der Waals surface area contributed by atoms with Crippen LogP contribution in [0.2, 0.25) is 0 Å². The first kappa shape index (κ1) is 19.2. The van der Waals surface area contributed by atoms with E-state index in [1.807, 2.05) is 33.7 Å². The predicted octanol–water partition coefficient (Wildman–Crippen LogP) is 2.40. The highest BCUT2D eigenvalue weighted by Gasteiger charge is 2.42. The van der Waals surface area contributed by atoms with Crippen molar-refractivity contribution in [2.24, 2.45) is 5.73 Å². The van der Waals surface area contributed by atoms with Crippen LogP contribution in [0.25, 0.3) is 11.2 Å². The predicted molar refractivity (Wildman–Crippen MR) is 114 cm³/mol. The number of aryl methyl sites for hydroxylation is 2. The highest BCUT2D eigenvalue weighted by Crippen LogP contribution is 2.35. The van der Waals surface area contributed by atoms with E-state index >= 15 is 0 Å². The molecule has 2 aliphatic heterocycles. The van der Waals surface area contributed by atoms with Crippen LogP contribution in [0.4, 0.5) is 0 Å². The summed E-state index contributed by atoms with van der Waals surface area (Å²) in [5.74, 6) is 0.0142. The van der Waals surface area contributed by atoms with Crippen LogP contribution in [0.5, 0.6) is 0 Å². The van der Waals surface area contributed by atoms with Crippen molar-refractivity contribution in [3.8, 4) is 0 Å². The molecule has 0 aliphatic carbocycles. The number of piperidine rings is 1. The van der Waals surface area contributed by atoms with Crippen LogP contribution in [-0.4, -0.2) is 56.7 Å². The first-order valence-corrected chi connectivity index (χ1v) is 10.7. The molecule has 1 atom stereocenters. The molecule has 1 unspecified atom stereocenters. The van der Waals surface area contributed by atoms with E-state index in [1.165, 1.54) is 5.56 Å². The van der Waals surface area contributed by atoms with E-state index in [4.69, 9.17) is 10.5 Å². The smallest absolute Gasteiger partial charge is 0.255 e. The molecule has 156 valence electrons. The number of carbonyl (C=O) groups excluding carboxylic acids is 1. The van der Waals surface area contributed by atoms with Crippen LogP contribution < -0.4 is 5.73 Å². The van der Waals surface area contributed by atoms with Crippen LogP contribution in [0.1, 0.15) is 35.2 Å². The molecule has 1 aromatic carbocycles. The molecule has 2 N–H and O–H groups in total. The summed E-state index contributed by atoms with van der Waals surface area (Å²) in [6.07, 6.45) is 6.98. The molecule has 0 bridgehead atoms. The fraction of sp³-hybridized carbons (Fsp3) is 0.435. The number of fused-ring (bicyclic) bond motifs is 1. The molecule has 3 aromatic rings. The molecule has 1 spiro atoms. The van der Waals surface area contributed by atoms with Crippen LogP contribution in [-0.2, 0) is 17.7 Å². The van der Waals surface area contributed by atoms with Gasteiger partial charge in [-0.15, -0.1) is 0 Å². The van der Waals surface area contributed by atoms with Gasteiger partial charge in [0, 0.05) is 31.9 Å². The minimum absolute atomic E-state index is 0.0142. The Balaban J connectivity index is 1.26. The fourth-order valence-electron chi connectivity index (χ4n) is 4.65. The fourth-order valence-corrected chi connectivity index (χ4v) is 4.65. The maximum Gasteiger partial charge on any atom is 0.255 e. The molecule has 1 amide bonds. The molecule has 2 saturated heterocycles. The topological polar surface area (TPSA) is 86.3 Å². The summed E-state index contributed by atoms with van der Waals surface area (Å²) in [4.78, 5) is 24.0. The van der Waals surface area contributed by atoms with Crippen LogP contribution in [0, 0.1) is 0 Å². The van der Waals surface area contributed by atoms with Gasteiger partial charge in [-0.25, -0.2) is 9.97 Å². The minimum atomic E-state index is -0.129. The number of nitrogens with two attached hydrogens (primary N) is 1. The largest absolute Gasteiger partial charge is 0.373 e. The van der Waals surface area contributed by atoms with Gasteiger partial charge in [0.05, 0.1) is 24.1 Å². The van der Waals surface area contributed by atoms with E-state index in [-0.39, 0.29) is 17.6 Å². The Labute approximate surface area is 175 Å². The van der Waals surface area contributed by atoms with Gasteiger partial charge in [-0.05, 0) is 37.3 Å². The Hall–Kier alpha value is -2.77. The molecule has 2 fully saturated rings. The number of nitrogens with zero attached hydrogens (tertiary/aromatic N) is 4. The zero-order valence-corrected chi connectivity index (χ0v) is 17.0.